The van der Waals surface area contributed by atoms with E-state index in [1.54, 1.807) is 0 Å². The van der Waals surface area contributed by atoms with Gasteiger partial charge in [-0.25, -0.2) is 0 Å². The van der Waals surface area contributed by atoms with Crippen molar-refractivity contribution in [3.05, 3.63) is 12.7 Å². The lowest BCUT2D eigenvalue weighted by molar-refractivity contribution is 0.151. The first kappa shape index (κ1) is 13.7. The SMILES string of the molecule is C=CCNCC(C)N1CCCN(C)CC1C. The Morgan fingerprint density at radius 1 is 1.50 bits per heavy atom. The number of hydrogen-bond donors (Lipinski definition) is 1. The molecule has 0 spiro atoms. The van der Waals surface area contributed by atoms with E-state index >= 15 is 0 Å². The van der Waals surface area contributed by atoms with Gasteiger partial charge in [0.1, 0.15) is 0 Å². The van der Waals surface area contributed by atoms with Crippen LogP contribution in [0.15, 0.2) is 12.7 Å². The number of nitrogens with one attached hydrogen (secondary N) is 1. The molecule has 2 atom stereocenters. The fraction of sp³-hybridized carbons (Fsp3) is 0.846. The summed E-state index contributed by atoms with van der Waals surface area (Å²) < 4.78 is 0. The predicted molar refractivity (Wildman–Crippen MR) is 70.8 cm³/mol. The van der Waals surface area contributed by atoms with Gasteiger partial charge < -0.3 is 10.2 Å². The van der Waals surface area contributed by atoms with Crippen molar-refractivity contribution >= 4 is 0 Å². The van der Waals surface area contributed by atoms with Crippen LogP contribution in [0.25, 0.3) is 0 Å². The Kier molecular flexibility index (Phi) is 6.03. The van der Waals surface area contributed by atoms with Crippen LogP contribution in [0.4, 0.5) is 0 Å². The molecule has 0 bridgehead atoms. The molecule has 0 radical (unpaired) electrons. The van der Waals surface area contributed by atoms with Gasteiger partial charge in [0, 0.05) is 38.3 Å². The molecule has 0 aromatic carbocycles. The highest BCUT2D eigenvalue weighted by Gasteiger charge is 2.23. The van der Waals surface area contributed by atoms with Crippen LogP contribution < -0.4 is 5.32 Å². The maximum atomic E-state index is 3.73. The number of rotatable bonds is 5. The summed E-state index contributed by atoms with van der Waals surface area (Å²) in [5.41, 5.74) is 0. The van der Waals surface area contributed by atoms with E-state index in [-0.39, 0.29) is 0 Å². The zero-order valence-corrected chi connectivity index (χ0v) is 11.1. The van der Waals surface area contributed by atoms with E-state index in [2.05, 4.69) is 42.6 Å². The second kappa shape index (κ2) is 7.05. The van der Waals surface area contributed by atoms with Crippen LogP contribution in [0.5, 0.6) is 0 Å². The smallest absolute Gasteiger partial charge is 0.0198 e. The molecule has 16 heavy (non-hydrogen) atoms. The summed E-state index contributed by atoms with van der Waals surface area (Å²) in [5, 5.41) is 3.41. The third kappa shape index (κ3) is 4.24. The lowest BCUT2D eigenvalue weighted by Gasteiger charge is -2.33. The summed E-state index contributed by atoms with van der Waals surface area (Å²) in [5.74, 6) is 0. The minimum absolute atomic E-state index is 0.612. The summed E-state index contributed by atoms with van der Waals surface area (Å²) in [6.45, 7) is 14.0. The number of nitrogens with zero attached hydrogens (tertiary/aromatic N) is 2. The van der Waals surface area contributed by atoms with Gasteiger partial charge in [-0.2, -0.15) is 0 Å². The molecule has 0 amide bonds. The minimum atomic E-state index is 0.612. The van der Waals surface area contributed by atoms with Crippen LogP contribution in [0, 0.1) is 0 Å². The molecule has 1 heterocycles. The van der Waals surface area contributed by atoms with Gasteiger partial charge in [0.05, 0.1) is 0 Å². The standard InChI is InChI=1S/C13H27N3/c1-5-7-14-10-12(2)16-9-6-8-15(4)11-13(16)3/h5,12-14H,1,6-11H2,2-4H3. The molecule has 1 N–H and O–H groups in total. The fourth-order valence-electron chi connectivity index (χ4n) is 2.56. The predicted octanol–water partition coefficient (Wildman–Crippen LogP) is 1.18. The van der Waals surface area contributed by atoms with Gasteiger partial charge in [0.15, 0.2) is 0 Å². The van der Waals surface area contributed by atoms with Gasteiger partial charge in [0.2, 0.25) is 0 Å². The topological polar surface area (TPSA) is 18.5 Å². The van der Waals surface area contributed by atoms with Crippen molar-refractivity contribution in [1.82, 2.24) is 15.1 Å². The Morgan fingerprint density at radius 2 is 2.25 bits per heavy atom. The minimum Gasteiger partial charge on any atom is -0.312 e. The van der Waals surface area contributed by atoms with Crippen LogP contribution >= 0.6 is 0 Å². The zero-order chi connectivity index (χ0) is 12.0. The molecule has 94 valence electrons. The average molecular weight is 225 g/mol. The van der Waals surface area contributed by atoms with E-state index in [1.807, 2.05) is 6.08 Å². The quantitative estimate of drug-likeness (QED) is 0.560. The van der Waals surface area contributed by atoms with Gasteiger partial charge in [-0.1, -0.05) is 6.08 Å². The van der Waals surface area contributed by atoms with E-state index in [0.717, 1.165) is 13.1 Å². The zero-order valence-electron chi connectivity index (χ0n) is 11.1. The lowest BCUT2D eigenvalue weighted by Crippen LogP contribution is -2.47. The molecule has 0 aromatic rings. The molecule has 1 aliphatic heterocycles. The molecule has 0 aromatic heterocycles. The highest BCUT2D eigenvalue weighted by molar-refractivity contribution is 4.81. The monoisotopic (exact) mass is 225 g/mol. The first-order valence-corrected chi connectivity index (χ1v) is 6.41. The van der Waals surface area contributed by atoms with Crippen LogP contribution in [-0.4, -0.2) is 61.7 Å². The normalized spacial score (nSPS) is 26.3. The van der Waals surface area contributed by atoms with Gasteiger partial charge in [-0.05, 0) is 33.9 Å². The van der Waals surface area contributed by atoms with E-state index in [4.69, 9.17) is 0 Å². The van der Waals surface area contributed by atoms with Crippen molar-refractivity contribution in [2.24, 2.45) is 0 Å². The van der Waals surface area contributed by atoms with E-state index < -0.39 is 0 Å². The molecule has 0 aliphatic carbocycles. The summed E-state index contributed by atoms with van der Waals surface area (Å²) in [7, 11) is 2.22. The Morgan fingerprint density at radius 3 is 2.94 bits per heavy atom. The first-order chi connectivity index (χ1) is 7.65. The summed E-state index contributed by atoms with van der Waals surface area (Å²) in [4.78, 5) is 5.06. The van der Waals surface area contributed by atoms with Crippen LogP contribution in [0.3, 0.4) is 0 Å². The highest BCUT2D eigenvalue weighted by atomic mass is 15.3. The molecule has 0 saturated carbocycles. The van der Waals surface area contributed by atoms with Crippen LogP contribution in [0.2, 0.25) is 0 Å². The summed E-state index contributed by atoms with van der Waals surface area (Å²) >= 11 is 0. The molecule has 2 unspecified atom stereocenters. The average Bonchev–Trinajstić information content (AvgIpc) is 2.39. The van der Waals surface area contributed by atoms with Gasteiger partial charge in [-0.3, -0.25) is 4.90 Å². The van der Waals surface area contributed by atoms with Gasteiger partial charge in [0.25, 0.3) is 0 Å². The molecular formula is C13H27N3. The summed E-state index contributed by atoms with van der Waals surface area (Å²) in [6, 6.07) is 1.27. The molecule has 1 saturated heterocycles. The molecule has 1 aliphatic rings. The largest absolute Gasteiger partial charge is 0.312 e. The van der Waals surface area contributed by atoms with Crippen molar-refractivity contribution in [3.8, 4) is 0 Å². The third-order valence-electron chi connectivity index (χ3n) is 3.39. The van der Waals surface area contributed by atoms with Crippen molar-refractivity contribution in [2.75, 3.05) is 39.8 Å². The Balaban J connectivity index is 2.40. The molecular weight excluding hydrogens is 198 g/mol. The van der Waals surface area contributed by atoms with E-state index in [9.17, 15) is 0 Å². The second-order valence-corrected chi connectivity index (χ2v) is 5.00. The van der Waals surface area contributed by atoms with Crippen LogP contribution in [-0.2, 0) is 0 Å². The maximum absolute atomic E-state index is 3.73. The molecule has 1 rings (SSSR count). The van der Waals surface area contributed by atoms with Crippen molar-refractivity contribution in [2.45, 2.75) is 32.4 Å². The maximum Gasteiger partial charge on any atom is 0.0198 e. The number of hydrogen-bond acceptors (Lipinski definition) is 3. The number of likely N-dealkylation sites (N-methyl/N-ethyl adjacent to an activating group) is 1. The third-order valence-corrected chi connectivity index (χ3v) is 3.39. The van der Waals surface area contributed by atoms with Gasteiger partial charge in [-0.15, -0.1) is 6.58 Å². The second-order valence-electron chi connectivity index (χ2n) is 5.00. The van der Waals surface area contributed by atoms with E-state index in [0.29, 0.717) is 12.1 Å². The molecule has 3 heteroatoms. The highest BCUT2D eigenvalue weighted by Crippen LogP contribution is 2.11. The fourth-order valence-corrected chi connectivity index (χ4v) is 2.56. The van der Waals surface area contributed by atoms with E-state index in [1.165, 1.54) is 26.1 Å². The lowest BCUT2D eigenvalue weighted by atomic mass is 10.2. The van der Waals surface area contributed by atoms with Gasteiger partial charge >= 0.3 is 0 Å². The Hall–Kier alpha value is -0.380. The first-order valence-electron chi connectivity index (χ1n) is 6.41. The Labute approximate surface area is 100 Å². The Bertz CT molecular complexity index is 205. The van der Waals surface area contributed by atoms with Crippen LogP contribution in [0.1, 0.15) is 20.3 Å². The van der Waals surface area contributed by atoms with Crippen molar-refractivity contribution < 1.29 is 0 Å². The summed E-state index contributed by atoms with van der Waals surface area (Å²) in [6.07, 6.45) is 3.21. The van der Waals surface area contributed by atoms with Crippen molar-refractivity contribution in [1.29, 1.82) is 0 Å². The molecule has 3 nitrogen and oxygen atoms in total. The van der Waals surface area contributed by atoms with Crippen molar-refractivity contribution in [3.63, 3.8) is 0 Å². The molecule has 1 fully saturated rings.